The lowest BCUT2D eigenvalue weighted by atomic mass is 10.1. The molecule has 8 nitrogen and oxygen atoms in total. The molecule has 3 heterocycles. The highest BCUT2D eigenvalue weighted by molar-refractivity contribution is 5.85. The maximum absolute atomic E-state index is 13.2. The van der Waals surface area contributed by atoms with Gasteiger partial charge in [-0.1, -0.05) is 0 Å². The molecule has 0 amide bonds. The van der Waals surface area contributed by atoms with Gasteiger partial charge in [-0.25, -0.2) is 28.2 Å². The van der Waals surface area contributed by atoms with E-state index in [0.717, 1.165) is 4.68 Å². The van der Waals surface area contributed by atoms with Gasteiger partial charge in [-0.3, -0.25) is 4.68 Å². The number of carboxylic acids is 1. The number of carbonyl (C=O) groups is 1. The van der Waals surface area contributed by atoms with Gasteiger partial charge < -0.3 is 5.11 Å². The Balaban J connectivity index is 2.15. The first-order valence-corrected chi connectivity index (χ1v) is 6.82. The molecule has 10 heteroatoms. The van der Waals surface area contributed by atoms with Crippen LogP contribution in [0.15, 0.2) is 24.5 Å². The Hall–Kier alpha value is -3.17. The third kappa shape index (κ3) is 2.85. The Morgan fingerprint density at radius 3 is 2.58 bits per heavy atom. The van der Waals surface area contributed by atoms with Crippen LogP contribution in [0.1, 0.15) is 28.3 Å². The van der Waals surface area contributed by atoms with Crippen LogP contribution < -0.4 is 0 Å². The molecule has 3 aromatic heterocycles. The second kappa shape index (κ2) is 5.80. The van der Waals surface area contributed by atoms with Gasteiger partial charge in [0.05, 0.1) is 11.4 Å². The van der Waals surface area contributed by atoms with Gasteiger partial charge in [-0.05, 0) is 19.1 Å². The number of hydrogen-bond acceptors (Lipinski definition) is 5. The Labute approximate surface area is 134 Å². The first-order valence-electron chi connectivity index (χ1n) is 6.82. The molecule has 0 bridgehead atoms. The van der Waals surface area contributed by atoms with Crippen LogP contribution in [-0.4, -0.2) is 40.6 Å². The van der Waals surface area contributed by atoms with E-state index in [0.29, 0.717) is 11.3 Å². The molecule has 3 aromatic rings. The average Bonchev–Trinajstić information content (AvgIpc) is 3.13. The molecule has 0 radical (unpaired) electrons. The van der Waals surface area contributed by atoms with Crippen molar-refractivity contribution in [3.05, 3.63) is 41.6 Å². The van der Waals surface area contributed by atoms with Crippen LogP contribution >= 0.6 is 0 Å². The summed E-state index contributed by atoms with van der Waals surface area (Å²) in [7, 11) is 1.71. The maximum atomic E-state index is 13.2. The lowest BCUT2D eigenvalue weighted by Gasteiger charge is -2.07. The molecule has 24 heavy (non-hydrogen) atoms. The first-order chi connectivity index (χ1) is 11.3. The molecule has 0 unspecified atom stereocenters. The third-order valence-corrected chi connectivity index (χ3v) is 3.26. The fourth-order valence-electron chi connectivity index (χ4n) is 2.21. The summed E-state index contributed by atoms with van der Waals surface area (Å²) in [6.45, 7) is 1.73. The predicted molar refractivity (Wildman–Crippen MR) is 78.0 cm³/mol. The van der Waals surface area contributed by atoms with Crippen LogP contribution in [0.5, 0.6) is 0 Å². The number of aromatic nitrogens is 6. The number of rotatable bonds is 4. The van der Waals surface area contributed by atoms with Gasteiger partial charge in [-0.2, -0.15) is 10.2 Å². The molecule has 0 atom stereocenters. The third-order valence-electron chi connectivity index (χ3n) is 3.26. The summed E-state index contributed by atoms with van der Waals surface area (Å²) in [5, 5.41) is 16.8. The van der Waals surface area contributed by atoms with Gasteiger partial charge in [0.25, 0.3) is 12.4 Å². The van der Waals surface area contributed by atoms with E-state index in [2.05, 4.69) is 20.2 Å². The van der Waals surface area contributed by atoms with E-state index in [-0.39, 0.29) is 17.3 Å². The summed E-state index contributed by atoms with van der Waals surface area (Å²) < 4.78 is 28.9. The standard InChI is InChI=1S/C14H12F2N6O2/c1-7-8(6-21(2)19-7)10-5-11(12(15)16)18-14(17-10)22-4-3-9(20-22)13(23)24/h3-6,12H,1-2H3,(H,23,24). The van der Waals surface area contributed by atoms with Crippen molar-refractivity contribution >= 4 is 5.97 Å². The molecular weight excluding hydrogens is 322 g/mol. The summed E-state index contributed by atoms with van der Waals surface area (Å²) in [4.78, 5) is 18.9. The van der Waals surface area contributed by atoms with Gasteiger partial charge in [0.1, 0.15) is 5.69 Å². The smallest absolute Gasteiger partial charge is 0.356 e. The predicted octanol–water partition coefficient (Wildman–Crippen LogP) is 2.01. The Bertz CT molecular complexity index is 918. The zero-order valence-electron chi connectivity index (χ0n) is 12.7. The zero-order valence-corrected chi connectivity index (χ0v) is 12.7. The number of aromatic carboxylic acids is 1. The molecule has 0 saturated carbocycles. The lowest BCUT2D eigenvalue weighted by molar-refractivity contribution is 0.0690. The van der Waals surface area contributed by atoms with Crippen molar-refractivity contribution in [3.8, 4) is 17.2 Å². The van der Waals surface area contributed by atoms with Gasteiger partial charge in [0.15, 0.2) is 5.69 Å². The molecule has 0 spiro atoms. The van der Waals surface area contributed by atoms with Crippen LogP contribution in [0.25, 0.3) is 17.2 Å². The van der Waals surface area contributed by atoms with Crippen LogP contribution in [0.3, 0.4) is 0 Å². The number of nitrogens with zero attached hydrogens (tertiary/aromatic N) is 6. The monoisotopic (exact) mass is 334 g/mol. The minimum absolute atomic E-state index is 0.140. The van der Waals surface area contributed by atoms with Crippen LogP contribution in [0.4, 0.5) is 8.78 Å². The highest BCUT2D eigenvalue weighted by atomic mass is 19.3. The number of aryl methyl sites for hydroxylation is 2. The molecule has 1 N–H and O–H groups in total. The normalized spacial score (nSPS) is 11.2. The lowest BCUT2D eigenvalue weighted by Crippen LogP contribution is -2.07. The summed E-state index contributed by atoms with van der Waals surface area (Å²) in [6, 6.07) is 2.41. The molecular formula is C14H12F2N6O2. The quantitative estimate of drug-likeness (QED) is 0.783. The van der Waals surface area contributed by atoms with E-state index in [1.807, 2.05) is 0 Å². The van der Waals surface area contributed by atoms with Crippen LogP contribution in [0.2, 0.25) is 0 Å². The molecule has 124 valence electrons. The van der Waals surface area contributed by atoms with Crippen molar-refractivity contribution in [3.63, 3.8) is 0 Å². The minimum atomic E-state index is -2.81. The minimum Gasteiger partial charge on any atom is -0.476 e. The van der Waals surface area contributed by atoms with Gasteiger partial charge >= 0.3 is 5.97 Å². The Morgan fingerprint density at radius 1 is 1.29 bits per heavy atom. The first kappa shape index (κ1) is 15.7. The SMILES string of the molecule is Cc1nn(C)cc1-c1cc(C(F)F)nc(-n2ccc(C(=O)O)n2)n1. The molecule has 0 aliphatic carbocycles. The fourth-order valence-corrected chi connectivity index (χ4v) is 2.21. The summed E-state index contributed by atoms with van der Waals surface area (Å²) in [5.74, 6) is -1.37. The number of alkyl halides is 2. The van der Waals surface area contributed by atoms with Gasteiger partial charge in [-0.15, -0.1) is 0 Å². The zero-order chi connectivity index (χ0) is 17.4. The number of carboxylic acid groups (broad SMARTS) is 1. The second-order valence-corrected chi connectivity index (χ2v) is 5.03. The van der Waals surface area contributed by atoms with Crippen molar-refractivity contribution < 1.29 is 18.7 Å². The van der Waals surface area contributed by atoms with Crippen LogP contribution in [-0.2, 0) is 7.05 Å². The van der Waals surface area contributed by atoms with E-state index in [4.69, 9.17) is 5.11 Å². The molecule has 0 aromatic carbocycles. The topological polar surface area (TPSA) is 98.7 Å². The van der Waals surface area contributed by atoms with Crippen LogP contribution in [0, 0.1) is 6.92 Å². The largest absolute Gasteiger partial charge is 0.476 e. The van der Waals surface area contributed by atoms with Crippen molar-refractivity contribution in [2.24, 2.45) is 7.05 Å². The summed E-state index contributed by atoms with van der Waals surface area (Å²) >= 11 is 0. The number of halogens is 2. The van der Waals surface area contributed by atoms with Crippen molar-refractivity contribution in [1.29, 1.82) is 0 Å². The van der Waals surface area contributed by atoms with E-state index in [1.54, 1.807) is 24.9 Å². The highest BCUT2D eigenvalue weighted by Gasteiger charge is 2.18. The summed E-state index contributed by atoms with van der Waals surface area (Å²) in [5.41, 5.74) is 0.738. The van der Waals surface area contributed by atoms with E-state index in [9.17, 15) is 13.6 Å². The summed E-state index contributed by atoms with van der Waals surface area (Å²) in [6.07, 6.45) is 0.146. The van der Waals surface area contributed by atoms with E-state index < -0.39 is 18.1 Å². The maximum Gasteiger partial charge on any atom is 0.356 e. The van der Waals surface area contributed by atoms with Gasteiger partial charge in [0.2, 0.25) is 0 Å². The van der Waals surface area contributed by atoms with E-state index in [1.165, 1.54) is 18.3 Å². The highest BCUT2D eigenvalue weighted by Crippen LogP contribution is 2.25. The number of hydrogen-bond donors (Lipinski definition) is 1. The average molecular weight is 334 g/mol. The van der Waals surface area contributed by atoms with Gasteiger partial charge in [0, 0.05) is 25.0 Å². The molecule has 0 saturated heterocycles. The van der Waals surface area contributed by atoms with Crippen molar-refractivity contribution in [2.75, 3.05) is 0 Å². The molecule has 3 rings (SSSR count). The fraction of sp³-hybridized carbons (Fsp3) is 0.214. The molecule has 0 aliphatic heterocycles. The Kier molecular flexibility index (Phi) is 3.80. The van der Waals surface area contributed by atoms with E-state index >= 15 is 0 Å². The second-order valence-electron chi connectivity index (χ2n) is 5.03. The van der Waals surface area contributed by atoms with Crippen molar-refractivity contribution in [1.82, 2.24) is 29.5 Å². The molecule has 0 aliphatic rings. The van der Waals surface area contributed by atoms with Crippen molar-refractivity contribution in [2.45, 2.75) is 13.3 Å². The Morgan fingerprint density at radius 2 is 2.04 bits per heavy atom. The molecule has 0 fully saturated rings.